The van der Waals surface area contributed by atoms with E-state index in [1.165, 1.54) is 180 Å². The predicted molar refractivity (Wildman–Crippen MR) is 211 cm³/mol. The van der Waals surface area contributed by atoms with Crippen LogP contribution in [0.1, 0.15) is 234 Å². The van der Waals surface area contributed by atoms with Crippen LogP contribution in [0.2, 0.25) is 0 Å². The van der Waals surface area contributed by atoms with Gasteiger partial charge in [0, 0.05) is 0 Å². The van der Waals surface area contributed by atoms with Gasteiger partial charge in [-0.3, -0.25) is 4.90 Å². The highest BCUT2D eigenvalue weighted by Crippen LogP contribution is 2.31. The molecule has 0 aromatic rings. The molecule has 0 aliphatic carbocycles. The van der Waals surface area contributed by atoms with E-state index < -0.39 is 29.6 Å². The number of amides is 1. The molecular weight excluding hydrogens is 606 g/mol. The lowest BCUT2D eigenvalue weighted by atomic mass is 10.0. The van der Waals surface area contributed by atoms with Crippen LogP contribution in [0.25, 0.3) is 0 Å². The molecule has 49 heavy (non-hydrogen) atoms. The van der Waals surface area contributed by atoms with Crippen molar-refractivity contribution in [3.63, 3.8) is 0 Å². The van der Waals surface area contributed by atoms with Gasteiger partial charge in [-0.25, -0.2) is 4.79 Å². The smallest absolute Gasteiger partial charge is 0.413 e. The summed E-state index contributed by atoms with van der Waals surface area (Å²) in [7, 11) is 0. The van der Waals surface area contributed by atoms with Gasteiger partial charge in [0.25, 0.3) is 0 Å². The van der Waals surface area contributed by atoms with Crippen LogP contribution in [0.4, 0.5) is 4.79 Å². The van der Waals surface area contributed by atoms with Gasteiger partial charge in [-0.15, -0.1) is 0 Å². The first-order valence-corrected chi connectivity index (χ1v) is 21.6. The van der Waals surface area contributed by atoms with Crippen LogP contribution in [0, 0.1) is 0 Å². The number of aliphatic hydroxyl groups is 1. The summed E-state index contributed by atoms with van der Waals surface area (Å²) in [5.41, 5.74) is -1.39. The number of carbonyl (C=O) groups is 1. The van der Waals surface area contributed by atoms with E-state index in [2.05, 4.69) is 13.0 Å². The number of hydrogen-bond donors (Lipinski definition) is 1. The SMILES string of the molecule is CCCCCCCCCCCCCCCCCCCCCCCCCCCCCCC/C=C/[C@@H](O)[C@@H]1COC(C)(C)N1C(=O)OC(C)(C)C. The van der Waals surface area contributed by atoms with Crippen LogP contribution < -0.4 is 0 Å². The minimum absolute atomic E-state index is 0.303. The number of aliphatic hydroxyl groups excluding tert-OH is 1. The Morgan fingerprint density at radius 3 is 1.33 bits per heavy atom. The van der Waals surface area contributed by atoms with Gasteiger partial charge < -0.3 is 14.6 Å². The molecule has 0 aromatic heterocycles. The van der Waals surface area contributed by atoms with E-state index in [1.54, 1.807) is 4.90 Å². The molecule has 2 atom stereocenters. The Bertz CT molecular complexity index is 788. The third-order valence-electron chi connectivity index (χ3n) is 10.3. The molecule has 1 heterocycles. The number of allylic oxidation sites excluding steroid dienone is 1. The highest BCUT2D eigenvalue weighted by molar-refractivity contribution is 5.70. The van der Waals surface area contributed by atoms with Crippen molar-refractivity contribution in [1.82, 2.24) is 4.90 Å². The zero-order valence-electron chi connectivity index (χ0n) is 33.8. The summed E-state index contributed by atoms with van der Waals surface area (Å²) in [6.07, 6.45) is 44.8. The second-order valence-electron chi connectivity index (χ2n) is 16.8. The first-order chi connectivity index (χ1) is 23.6. The van der Waals surface area contributed by atoms with Crippen molar-refractivity contribution >= 4 is 6.09 Å². The van der Waals surface area contributed by atoms with Crippen molar-refractivity contribution in [2.45, 2.75) is 258 Å². The molecular formula is C44H85NO4. The molecule has 1 fully saturated rings. The molecule has 1 N–H and O–H groups in total. The number of ether oxygens (including phenoxy) is 2. The largest absolute Gasteiger partial charge is 0.444 e. The van der Waals surface area contributed by atoms with Crippen LogP contribution in [0.15, 0.2) is 12.2 Å². The van der Waals surface area contributed by atoms with E-state index in [0.29, 0.717) is 6.61 Å². The molecule has 0 unspecified atom stereocenters. The second kappa shape index (κ2) is 29.5. The molecule has 0 spiro atoms. The number of rotatable bonds is 32. The molecule has 1 rings (SSSR count). The van der Waals surface area contributed by atoms with Gasteiger partial charge >= 0.3 is 6.09 Å². The molecule has 5 heteroatoms. The van der Waals surface area contributed by atoms with E-state index in [0.717, 1.165) is 12.8 Å². The van der Waals surface area contributed by atoms with Crippen molar-refractivity contribution < 1.29 is 19.4 Å². The monoisotopic (exact) mass is 692 g/mol. The van der Waals surface area contributed by atoms with Gasteiger partial charge in [0.1, 0.15) is 11.3 Å². The molecule has 1 aliphatic heterocycles. The summed E-state index contributed by atoms with van der Waals surface area (Å²) < 4.78 is 11.4. The Labute approximate surface area is 306 Å². The lowest BCUT2D eigenvalue weighted by Gasteiger charge is -2.36. The molecule has 1 aliphatic rings. The van der Waals surface area contributed by atoms with Crippen molar-refractivity contribution in [3.8, 4) is 0 Å². The Kier molecular flexibility index (Phi) is 27.7. The summed E-state index contributed by atoms with van der Waals surface area (Å²) in [6.45, 7) is 11.8. The summed E-state index contributed by atoms with van der Waals surface area (Å²) in [4.78, 5) is 14.3. The topological polar surface area (TPSA) is 59.0 Å². The van der Waals surface area contributed by atoms with Crippen molar-refractivity contribution in [2.75, 3.05) is 6.61 Å². The van der Waals surface area contributed by atoms with Gasteiger partial charge in [0.05, 0.1) is 18.8 Å². The molecule has 5 nitrogen and oxygen atoms in total. The fourth-order valence-electron chi connectivity index (χ4n) is 7.22. The van der Waals surface area contributed by atoms with Crippen LogP contribution in [-0.4, -0.2) is 46.2 Å². The van der Waals surface area contributed by atoms with Gasteiger partial charge in [-0.1, -0.05) is 199 Å². The van der Waals surface area contributed by atoms with Crippen molar-refractivity contribution in [1.29, 1.82) is 0 Å². The average molecular weight is 692 g/mol. The van der Waals surface area contributed by atoms with E-state index in [1.807, 2.05) is 40.7 Å². The molecule has 290 valence electrons. The predicted octanol–water partition coefficient (Wildman–Crippen LogP) is 14.0. The summed E-state index contributed by atoms with van der Waals surface area (Å²) >= 11 is 0. The lowest BCUT2D eigenvalue weighted by molar-refractivity contribution is -0.0661. The molecule has 0 bridgehead atoms. The van der Waals surface area contributed by atoms with E-state index in [-0.39, 0.29) is 0 Å². The molecule has 1 saturated heterocycles. The zero-order valence-corrected chi connectivity index (χ0v) is 33.8. The van der Waals surface area contributed by atoms with Gasteiger partial charge in [0.2, 0.25) is 0 Å². The van der Waals surface area contributed by atoms with Crippen LogP contribution in [-0.2, 0) is 9.47 Å². The molecule has 0 aromatic carbocycles. The zero-order chi connectivity index (χ0) is 36.1. The lowest BCUT2D eigenvalue weighted by Crippen LogP contribution is -2.53. The quantitative estimate of drug-likeness (QED) is 0.0563. The minimum Gasteiger partial charge on any atom is -0.444 e. The summed E-state index contributed by atoms with van der Waals surface area (Å²) in [5, 5.41) is 10.8. The van der Waals surface area contributed by atoms with Crippen LogP contribution in [0.3, 0.4) is 0 Å². The Morgan fingerprint density at radius 1 is 0.673 bits per heavy atom. The number of unbranched alkanes of at least 4 members (excludes halogenated alkanes) is 29. The van der Waals surface area contributed by atoms with Gasteiger partial charge in [-0.05, 0) is 47.5 Å². The fraction of sp³-hybridized carbons (Fsp3) is 0.932. The number of carbonyl (C=O) groups excluding carboxylic acids is 1. The van der Waals surface area contributed by atoms with Crippen molar-refractivity contribution in [2.24, 2.45) is 0 Å². The average Bonchev–Trinajstić information content (AvgIpc) is 3.37. The molecule has 0 radical (unpaired) electrons. The van der Waals surface area contributed by atoms with Crippen LogP contribution >= 0.6 is 0 Å². The first kappa shape index (κ1) is 46.0. The van der Waals surface area contributed by atoms with Gasteiger partial charge in [-0.2, -0.15) is 0 Å². The van der Waals surface area contributed by atoms with Gasteiger partial charge in [0.15, 0.2) is 0 Å². The third-order valence-corrected chi connectivity index (χ3v) is 10.3. The normalized spacial score (nSPS) is 17.0. The summed E-state index contributed by atoms with van der Waals surface area (Å²) in [6, 6.07) is -0.436. The van der Waals surface area contributed by atoms with E-state index in [4.69, 9.17) is 9.47 Å². The number of nitrogens with zero attached hydrogens (tertiary/aromatic N) is 1. The third kappa shape index (κ3) is 25.5. The van der Waals surface area contributed by atoms with E-state index in [9.17, 15) is 9.90 Å². The number of hydrogen-bond acceptors (Lipinski definition) is 4. The first-order valence-electron chi connectivity index (χ1n) is 21.6. The minimum atomic E-state index is -0.799. The van der Waals surface area contributed by atoms with Crippen LogP contribution in [0.5, 0.6) is 0 Å². The molecule has 0 saturated carbocycles. The Hall–Kier alpha value is -1.07. The maximum absolute atomic E-state index is 12.8. The highest BCUT2D eigenvalue weighted by atomic mass is 16.6. The Morgan fingerprint density at radius 2 is 1.00 bits per heavy atom. The standard InChI is InChI=1S/C44H85NO4/c1-7-8-9-10-11-12-13-14-15-16-17-18-19-20-21-22-23-24-25-26-27-28-29-30-31-32-33-34-35-36-37-38-41(46)40-39-48-44(5,6)45(40)42(47)49-43(2,3)4/h37-38,40-41,46H,7-36,39H2,1-6H3/b38-37+/t40-,41+/m0/s1. The second-order valence-corrected chi connectivity index (χ2v) is 16.8. The maximum atomic E-state index is 12.8. The summed E-state index contributed by atoms with van der Waals surface area (Å²) in [5.74, 6) is 0. The van der Waals surface area contributed by atoms with Crippen molar-refractivity contribution in [3.05, 3.63) is 12.2 Å². The molecule has 1 amide bonds. The Balaban J connectivity index is 1.83. The fourth-order valence-corrected chi connectivity index (χ4v) is 7.22. The van der Waals surface area contributed by atoms with E-state index >= 15 is 0 Å². The maximum Gasteiger partial charge on any atom is 0.413 e. The highest BCUT2D eigenvalue weighted by Gasteiger charge is 2.47.